The van der Waals surface area contributed by atoms with Gasteiger partial charge in [-0.3, -0.25) is 0 Å². The Balaban J connectivity index is 2.25. The van der Waals surface area contributed by atoms with Gasteiger partial charge in [0.2, 0.25) is 0 Å². The predicted molar refractivity (Wildman–Crippen MR) is 65.2 cm³/mol. The number of hydrogen-bond acceptors (Lipinski definition) is 2. The fraction of sp³-hybridized carbons (Fsp3) is 0.455. The van der Waals surface area contributed by atoms with Crippen LogP contribution >= 0.6 is 21.6 Å². The lowest BCUT2D eigenvalue weighted by Crippen LogP contribution is -1.79. The number of aryl methyl sites for hydroxylation is 1. The molecule has 1 rings (SSSR count). The summed E-state index contributed by atoms with van der Waals surface area (Å²) < 4.78 is 0. The largest absolute Gasteiger partial charge is 0.0938 e. The molecule has 0 radical (unpaired) electrons. The van der Waals surface area contributed by atoms with Gasteiger partial charge in [-0.1, -0.05) is 58.3 Å². The van der Waals surface area contributed by atoms with Gasteiger partial charge >= 0.3 is 0 Å². The summed E-state index contributed by atoms with van der Waals surface area (Å²) in [6, 6.07) is 8.80. The van der Waals surface area contributed by atoms with Crippen molar-refractivity contribution in [3.63, 3.8) is 0 Å². The van der Waals surface area contributed by atoms with Crippen LogP contribution in [0.2, 0.25) is 0 Å². The molecule has 0 nitrogen and oxygen atoms in total. The molecule has 13 heavy (non-hydrogen) atoms. The third-order valence-corrected chi connectivity index (χ3v) is 4.26. The van der Waals surface area contributed by atoms with E-state index in [0.29, 0.717) is 0 Å². The second kappa shape index (κ2) is 6.39. The van der Waals surface area contributed by atoms with Crippen molar-refractivity contribution in [3.05, 3.63) is 35.4 Å². The Hall–Kier alpha value is -0.0800. The molecule has 0 bridgehead atoms. The summed E-state index contributed by atoms with van der Waals surface area (Å²) in [5, 5.41) is 0. The van der Waals surface area contributed by atoms with E-state index in [1.165, 1.54) is 23.3 Å². The van der Waals surface area contributed by atoms with Crippen molar-refractivity contribution in [2.75, 3.05) is 5.75 Å². The van der Waals surface area contributed by atoms with Gasteiger partial charge in [0.05, 0.1) is 0 Å². The molecule has 0 aliphatic heterocycles. The van der Waals surface area contributed by atoms with E-state index >= 15 is 0 Å². The van der Waals surface area contributed by atoms with Gasteiger partial charge in [0, 0.05) is 11.5 Å². The highest BCUT2D eigenvalue weighted by molar-refractivity contribution is 8.76. The standard InChI is InChI=1S/C11H16S2/c1-3-8-12-13-9-11-6-4-10(2)5-7-11/h4-7H,3,8-9H2,1-2H3. The number of rotatable bonds is 5. The maximum Gasteiger partial charge on any atom is 0.0288 e. The van der Waals surface area contributed by atoms with Crippen molar-refractivity contribution < 1.29 is 0 Å². The molecule has 0 aliphatic carbocycles. The highest BCUT2D eigenvalue weighted by Crippen LogP contribution is 2.26. The Morgan fingerprint density at radius 2 is 1.77 bits per heavy atom. The minimum atomic E-state index is 1.13. The Kier molecular flexibility index (Phi) is 5.40. The van der Waals surface area contributed by atoms with E-state index in [-0.39, 0.29) is 0 Å². The smallest absolute Gasteiger partial charge is 0.0288 e. The highest BCUT2D eigenvalue weighted by atomic mass is 33.1. The lowest BCUT2D eigenvalue weighted by Gasteiger charge is -2.00. The van der Waals surface area contributed by atoms with E-state index in [2.05, 4.69) is 38.1 Å². The SMILES string of the molecule is CCCSSCc1ccc(C)cc1. The highest BCUT2D eigenvalue weighted by Gasteiger charge is 1.93. The predicted octanol–water partition coefficient (Wildman–Crippen LogP) is 4.29. The summed E-state index contributed by atoms with van der Waals surface area (Å²) in [5.74, 6) is 2.39. The summed E-state index contributed by atoms with van der Waals surface area (Å²) in [6.07, 6.45) is 1.27. The van der Waals surface area contributed by atoms with Gasteiger partial charge < -0.3 is 0 Å². The average molecular weight is 212 g/mol. The molecule has 0 spiro atoms. The first-order valence-corrected chi connectivity index (χ1v) is 7.11. The van der Waals surface area contributed by atoms with Gasteiger partial charge in [-0.15, -0.1) is 0 Å². The Bertz CT molecular complexity index is 228. The molecule has 0 saturated heterocycles. The molecule has 0 saturated carbocycles. The molecule has 2 heteroatoms. The van der Waals surface area contributed by atoms with E-state index in [9.17, 15) is 0 Å². The minimum absolute atomic E-state index is 1.13. The van der Waals surface area contributed by atoms with E-state index in [1.807, 2.05) is 21.6 Å². The summed E-state index contributed by atoms with van der Waals surface area (Å²) in [5.41, 5.74) is 2.77. The Morgan fingerprint density at radius 1 is 1.08 bits per heavy atom. The van der Waals surface area contributed by atoms with Crippen molar-refractivity contribution in [1.29, 1.82) is 0 Å². The number of hydrogen-bond donors (Lipinski definition) is 0. The molecule has 72 valence electrons. The zero-order chi connectivity index (χ0) is 9.52. The van der Waals surface area contributed by atoms with Crippen LogP contribution in [0.15, 0.2) is 24.3 Å². The lowest BCUT2D eigenvalue weighted by molar-refractivity contribution is 1.11. The summed E-state index contributed by atoms with van der Waals surface area (Å²) in [7, 11) is 3.92. The van der Waals surface area contributed by atoms with Crippen LogP contribution in [0.1, 0.15) is 24.5 Å². The molecule has 0 fully saturated rings. The van der Waals surface area contributed by atoms with E-state index in [0.717, 1.165) is 5.75 Å². The maximum absolute atomic E-state index is 2.22. The van der Waals surface area contributed by atoms with Crippen molar-refractivity contribution in [2.24, 2.45) is 0 Å². The molecule has 0 unspecified atom stereocenters. The van der Waals surface area contributed by atoms with Gasteiger partial charge in [-0.25, -0.2) is 0 Å². The fourth-order valence-corrected chi connectivity index (χ4v) is 3.14. The van der Waals surface area contributed by atoms with Crippen molar-refractivity contribution in [2.45, 2.75) is 26.0 Å². The van der Waals surface area contributed by atoms with Gasteiger partial charge in [0.15, 0.2) is 0 Å². The van der Waals surface area contributed by atoms with Crippen LogP contribution in [0.3, 0.4) is 0 Å². The van der Waals surface area contributed by atoms with Gasteiger partial charge in [0.1, 0.15) is 0 Å². The Morgan fingerprint density at radius 3 is 2.38 bits per heavy atom. The lowest BCUT2D eigenvalue weighted by atomic mass is 10.2. The second-order valence-electron chi connectivity index (χ2n) is 3.07. The third-order valence-electron chi connectivity index (χ3n) is 1.72. The number of benzene rings is 1. The second-order valence-corrected chi connectivity index (χ2v) is 5.65. The molecule has 0 aliphatic rings. The maximum atomic E-state index is 2.22. The van der Waals surface area contributed by atoms with E-state index < -0.39 is 0 Å². The van der Waals surface area contributed by atoms with Crippen LogP contribution in [0.5, 0.6) is 0 Å². The summed E-state index contributed by atoms with van der Waals surface area (Å²) >= 11 is 0. The quantitative estimate of drug-likeness (QED) is 0.527. The summed E-state index contributed by atoms with van der Waals surface area (Å²) in [6.45, 7) is 4.35. The van der Waals surface area contributed by atoms with Crippen molar-refractivity contribution >= 4 is 21.6 Å². The molecule has 0 heterocycles. The van der Waals surface area contributed by atoms with Gasteiger partial charge in [-0.2, -0.15) is 0 Å². The van der Waals surface area contributed by atoms with Crippen LogP contribution in [0.4, 0.5) is 0 Å². The zero-order valence-electron chi connectivity index (χ0n) is 8.25. The molecule has 0 atom stereocenters. The monoisotopic (exact) mass is 212 g/mol. The van der Waals surface area contributed by atoms with Crippen molar-refractivity contribution in [1.82, 2.24) is 0 Å². The van der Waals surface area contributed by atoms with E-state index in [4.69, 9.17) is 0 Å². The first-order chi connectivity index (χ1) is 6.33. The van der Waals surface area contributed by atoms with Gasteiger partial charge in [-0.05, 0) is 18.9 Å². The molecule has 0 amide bonds. The Labute approximate surface area is 88.9 Å². The van der Waals surface area contributed by atoms with Crippen LogP contribution in [0, 0.1) is 6.92 Å². The van der Waals surface area contributed by atoms with Crippen LogP contribution < -0.4 is 0 Å². The van der Waals surface area contributed by atoms with Crippen LogP contribution in [0.25, 0.3) is 0 Å². The van der Waals surface area contributed by atoms with E-state index in [1.54, 1.807) is 0 Å². The topological polar surface area (TPSA) is 0 Å². The average Bonchev–Trinajstić information content (AvgIpc) is 2.15. The van der Waals surface area contributed by atoms with Crippen LogP contribution in [-0.4, -0.2) is 5.75 Å². The molecule has 0 N–H and O–H groups in total. The van der Waals surface area contributed by atoms with Gasteiger partial charge in [0.25, 0.3) is 0 Å². The minimum Gasteiger partial charge on any atom is -0.0938 e. The third kappa shape index (κ3) is 4.63. The zero-order valence-corrected chi connectivity index (χ0v) is 9.88. The molecule has 1 aromatic carbocycles. The summed E-state index contributed by atoms with van der Waals surface area (Å²) in [4.78, 5) is 0. The first-order valence-electron chi connectivity index (χ1n) is 4.63. The van der Waals surface area contributed by atoms with Crippen LogP contribution in [-0.2, 0) is 5.75 Å². The normalized spacial score (nSPS) is 10.3. The van der Waals surface area contributed by atoms with Crippen molar-refractivity contribution in [3.8, 4) is 0 Å². The first kappa shape index (κ1) is 11.0. The molecule has 1 aromatic rings. The fourth-order valence-electron chi connectivity index (χ4n) is 0.936. The molecule has 0 aromatic heterocycles. The molecular formula is C11H16S2. The molecular weight excluding hydrogens is 196 g/mol.